The fourth-order valence-electron chi connectivity index (χ4n) is 4.27. The summed E-state index contributed by atoms with van der Waals surface area (Å²) in [6, 6.07) is 0. The first kappa shape index (κ1) is 41.3. The molecule has 44 heavy (non-hydrogen) atoms. The van der Waals surface area contributed by atoms with E-state index in [0.717, 1.165) is 64.2 Å². The third kappa shape index (κ3) is 32.3. The van der Waals surface area contributed by atoms with Gasteiger partial charge in [0.2, 0.25) is 0 Å². The molecule has 0 saturated carbocycles. The molecule has 1 atom stereocenters. The zero-order valence-electron chi connectivity index (χ0n) is 28.1. The Kier molecular flexibility index (Phi) is 32.7. The van der Waals surface area contributed by atoms with Gasteiger partial charge in [0, 0.05) is 12.8 Å². The molecule has 0 rings (SSSR count). The van der Waals surface area contributed by atoms with Crippen molar-refractivity contribution in [2.24, 2.45) is 0 Å². The molecular formula is C39H64O5. The molecule has 1 N–H and O–H groups in total. The van der Waals surface area contributed by atoms with Crippen molar-refractivity contribution in [3.05, 3.63) is 72.9 Å². The van der Waals surface area contributed by atoms with E-state index in [4.69, 9.17) is 9.47 Å². The highest BCUT2D eigenvalue weighted by atomic mass is 16.6. The highest BCUT2D eigenvalue weighted by Gasteiger charge is 2.15. The van der Waals surface area contributed by atoms with Crippen molar-refractivity contribution in [3.8, 4) is 0 Å². The van der Waals surface area contributed by atoms with Gasteiger partial charge < -0.3 is 14.6 Å². The minimum absolute atomic E-state index is 0.105. The quantitative estimate of drug-likeness (QED) is 0.0496. The molecule has 250 valence electrons. The second-order valence-electron chi connectivity index (χ2n) is 11.2. The van der Waals surface area contributed by atoms with Crippen LogP contribution >= 0.6 is 0 Å². The normalized spacial score (nSPS) is 13.1. The fraction of sp³-hybridized carbons (Fsp3) is 0.641. The number of allylic oxidation sites excluding steroid dienone is 12. The van der Waals surface area contributed by atoms with E-state index >= 15 is 0 Å². The third-order valence-electron chi connectivity index (χ3n) is 6.97. The van der Waals surface area contributed by atoms with Gasteiger partial charge in [0.15, 0.2) is 6.10 Å². The van der Waals surface area contributed by atoms with Crippen molar-refractivity contribution >= 4 is 11.9 Å². The zero-order valence-corrected chi connectivity index (χ0v) is 28.1. The van der Waals surface area contributed by atoms with Gasteiger partial charge >= 0.3 is 11.9 Å². The molecule has 0 fully saturated rings. The summed E-state index contributed by atoms with van der Waals surface area (Å²) in [6.07, 6.45) is 45.2. The van der Waals surface area contributed by atoms with Crippen LogP contribution in [0.3, 0.4) is 0 Å². The maximum Gasteiger partial charge on any atom is 0.306 e. The van der Waals surface area contributed by atoms with E-state index in [-0.39, 0.29) is 25.2 Å². The summed E-state index contributed by atoms with van der Waals surface area (Å²) < 4.78 is 10.5. The van der Waals surface area contributed by atoms with Crippen molar-refractivity contribution in [2.45, 2.75) is 148 Å². The number of ether oxygens (including phenoxy) is 2. The van der Waals surface area contributed by atoms with Crippen LogP contribution < -0.4 is 0 Å². The molecule has 0 heterocycles. The molecule has 0 aliphatic heterocycles. The molecule has 0 aromatic heterocycles. The van der Waals surface area contributed by atoms with Crippen LogP contribution in [0.1, 0.15) is 142 Å². The Morgan fingerprint density at radius 1 is 0.523 bits per heavy atom. The number of aliphatic hydroxyl groups is 1. The second-order valence-corrected chi connectivity index (χ2v) is 11.2. The van der Waals surface area contributed by atoms with Gasteiger partial charge in [-0.3, -0.25) is 9.59 Å². The van der Waals surface area contributed by atoms with Gasteiger partial charge in [-0.15, -0.1) is 0 Å². The Morgan fingerprint density at radius 3 is 1.27 bits per heavy atom. The number of hydrogen-bond acceptors (Lipinski definition) is 5. The lowest BCUT2D eigenvalue weighted by atomic mass is 10.1. The van der Waals surface area contributed by atoms with Crippen LogP contribution in [0.15, 0.2) is 72.9 Å². The van der Waals surface area contributed by atoms with E-state index in [1.54, 1.807) is 0 Å². The Hall–Kier alpha value is -2.66. The molecule has 5 heteroatoms. The number of esters is 2. The zero-order chi connectivity index (χ0) is 32.2. The molecule has 0 aromatic carbocycles. The Bertz CT molecular complexity index is 833. The summed E-state index contributed by atoms with van der Waals surface area (Å²) >= 11 is 0. The average molecular weight is 613 g/mol. The Morgan fingerprint density at radius 2 is 0.886 bits per heavy atom. The molecule has 0 bridgehead atoms. The highest BCUT2D eigenvalue weighted by molar-refractivity contribution is 5.70. The van der Waals surface area contributed by atoms with E-state index < -0.39 is 6.10 Å². The smallest absolute Gasteiger partial charge is 0.306 e. The molecule has 0 aliphatic rings. The van der Waals surface area contributed by atoms with Crippen molar-refractivity contribution in [1.82, 2.24) is 0 Å². The minimum Gasteiger partial charge on any atom is -0.462 e. The SMILES string of the molecule is CCCCCC=CCC=CCC=CCCCCC(=O)OCC(CO)OC(=O)CCCCC=CCC=CCC=CCCCCC. The maximum atomic E-state index is 12.1. The van der Waals surface area contributed by atoms with Crippen molar-refractivity contribution in [2.75, 3.05) is 13.2 Å². The van der Waals surface area contributed by atoms with E-state index in [2.05, 4.69) is 86.8 Å². The summed E-state index contributed by atoms with van der Waals surface area (Å²) in [4.78, 5) is 24.1. The van der Waals surface area contributed by atoms with Crippen LogP contribution in [0.25, 0.3) is 0 Å². The number of unbranched alkanes of at least 4 members (excludes halogenated alkanes) is 10. The van der Waals surface area contributed by atoms with Gasteiger partial charge in [-0.05, 0) is 89.9 Å². The van der Waals surface area contributed by atoms with E-state index in [0.29, 0.717) is 12.8 Å². The third-order valence-corrected chi connectivity index (χ3v) is 6.97. The van der Waals surface area contributed by atoms with Crippen LogP contribution in [-0.2, 0) is 19.1 Å². The average Bonchev–Trinajstić information content (AvgIpc) is 3.02. The van der Waals surface area contributed by atoms with Gasteiger partial charge in [-0.2, -0.15) is 0 Å². The number of hydrogen-bond donors (Lipinski definition) is 1. The fourth-order valence-corrected chi connectivity index (χ4v) is 4.27. The van der Waals surface area contributed by atoms with Crippen LogP contribution in [0.2, 0.25) is 0 Å². The molecular weight excluding hydrogens is 548 g/mol. The van der Waals surface area contributed by atoms with Crippen molar-refractivity contribution in [3.63, 3.8) is 0 Å². The van der Waals surface area contributed by atoms with Crippen LogP contribution in [-0.4, -0.2) is 36.4 Å². The molecule has 0 amide bonds. The topological polar surface area (TPSA) is 72.8 Å². The van der Waals surface area contributed by atoms with E-state index in [1.807, 2.05) is 0 Å². The lowest BCUT2D eigenvalue weighted by molar-refractivity contribution is -0.161. The lowest BCUT2D eigenvalue weighted by Gasteiger charge is -2.15. The molecule has 0 aromatic rings. The van der Waals surface area contributed by atoms with E-state index in [9.17, 15) is 14.7 Å². The van der Waals surface area contributed by atoms with Gasteiger partial charge in [0.05, 0.1) is 6.61 Å². The summed E-state index contributed by atoms with van der Waals surface area (Å²) in [5.41, 5.74) is 0. The molecule has 0 spiro atoms. The Balaban J connectivity index is 3.76. The van der Waals surface area contributed by atoms with Crippen LogP contribution in [0.4, 0.5) is 0 Å². The first-order chi connectivity index (χ1) is 21.6. The molecule has 0 radical (unpaired) electrons. The standard InChI is InChI=1S/C39H64O5/c1-3-5-7-9-11-13-15-17-19-21-23-25-27-29-31-33-38(41)43-36-37(35-40)44-39(42)34-32-30-28-26-24-22-20-18-16-14-12-10-8-6-4-2/h11-14,17-20,23-26,37,40H,3-10,15-16,21-22,27-36H2,1-2H3. The molecule has 5 nitrogen and oxygen atoms in total. The lowest BCUT2D eigenvalue weighted by Crippen LogP contribution is -2.28. The van der Waals surface area contributed by atoms with Gasteiger partial charge in [-0.25, -0.2) is 0 Å². The first-order valence-corrected chi connectivity index (χ1v) is 17.5. The summed E-state index contributed by atoms with van der Waals surface area (Å²) in [5, 5.41) is 9.51. The second kappa shape index (κ2) is 34.8. The summed E-state index contributed by atoms with van der Waals surface area (Å²) in [6.45, 7) is 3.98. The van der Waals surface area contributed by atoms with Gasteiger partial charge in [0.1, 0.15) is 6.61 Å². The number of rotatable bonds is 30. The highest BCUT2D eigenvalue weighted by Crippen LogP contribution is 2.08. The largest absolute Gasteiger partial charge is 0.462 e. The number of carbonyl (C=O) groups excluding carboxylic acids is 2. The summed E-state index contributed by atoms with van der Waals surface area (Å²) in [7, 11) is 0. The van der Waals surface area contributed by atoms with Gasteiger partial charge in [0.25, 0.3) is 0 Å². The van der Waals surface area contributed by atoms with E-state index in [1.165, 1.54) is 51.4 Å². The monoisotopic (exact) mass is 612 g/mol. The maximum absolute atomic E-state index is 12.1. The first-order valence-electron chi connectivity index (χ1n) is 17.5. The molecule has 1 unspecified atom stereocenters. The van der Waals surface area contributed by atoms with Crippen molar-refractivity contribution < 1.29 is 24.2 Å². The molecule has 0 saturated heterocycles. The Labute approximate surface area is 270 Å². The van der Waals surface area contributed by atoms with Crippen LogP contribution in [0, 0.1) is 0 Å². The van der Waals surface area contributed by atoms with Gasteiger partial charge in [-0.1, -0.05) is 112 Å². The summed E-state index contributed by atoms with van der Waals surface area (Å²) in [5.74, 6) is -0.690. The molecule has 0 aliphatic carbocycles. The number of carbonyl (C=O) groups is 2. The predicted octanol–water partition coefficient (Wildman–Crippen LogP) is 10.6. The van der Waals surface area contributed by atoms with Crippen LogP contribution in [0.5, 0.6) is 0 Å². The minimum atomic E-state index is -0.808. The van der Waals surface area contributed by atoms with Crippen molar-refractivity contribution in [1.29, 1.82) is 0 Å². The predicted molar refractivity (Wildman–Crippen MR) is 186 cm³/mol. The number of aliphatic hydroxyl groups excluding tert-OH is 1.